The first-order chi connectivity index (χ1) is 9.95. The van der Waals surface area contributed by atoms with Crippen LogP contribution < -0.4 is 0 Å². The van der Waals surface area contributed by atoms with E-state index in [1.807, 2.05) is 0 Å². The van der Waals surface area contributed by atoms with Gasteiger partial charge in [0, 0.05) is 12.1 Å². The SMILES string of the molecule is Cc1ccc(-c2[o+]c3cc(O)cc(O)c3cc2O)cc1O. The average molecular weight is 285 g/mol. The zero-order valence-corrected chi connectivity index (χ0v) is 11.2. The molecule has 0 aliphatic carbocycles. The van der Waals surface area contributed by atoms with E-state index in [0.717, 1.165) is 6.07 Å². The summed E-state index contributed by atoms with van der Waals surface area (Å²) in [5.74, 6) is -0.287. The second-order valence-corrected chi connectivity index (χ2v) is 4.84. The number of phenolic OH excluding ortho intramolecular Hbond substituents is 3. The van der Waals surface area contributed by atoms with Crippen LogP contribution in [-0.2, 0) is 0 Å². The number of hydrogen-bond donors (Lipinski definition) is 4. The molecule has 5 nitrogen and oxygen atoms in total. The van der Waals surface area contributed by atoms with Crippen LogP contribution >= 0.6 is 0 Å². The van der Waals surface area contributed by atoms with Gasteiger partial charge in [0.05, 0.1) is 11.6 Å². The molecule has 0 aliphatic heterocycles. The highest BCUT2D eigenvalue weighted by molar-refractivity contribution is 5.88. The molecule has 21 heavy (non-hydrogen) atoms. The van der Waals surface area contributed by atoms with Crippen molar-refractivity contribution in [2.45, 2.75) is 6.92 Å². The topological polar surface area (TPSA) is 92.2 Å². The molecule has 0 fully saturated rings. The minimum Gasteiger partial charge on any atom is -0.508 e. The van der Waals surface area contributed by atoms with Crippen LogP contribution in [0.4, 0.5) is 0 Å². The van der Waals surface area contributed by atoms with E-state index in [1.165, 1.54) is 18.2 Å². The maximum absolute atomic E-state index is 10.1. The third-order valence-corrected chi connectivity index (χ3v) is 3.30. The Bertz CT molecular complexity index is 855. The van der Waals surface area contributed by atoms with Crippen LogP contribution in [0.1, 0.15) is 5.56 Å². The number of phenols is 3. The first-order valence-electron chi connectivity index (χ1n) is 6.27. The summed E-state index contributed by atoms with van der Waals surface area (Å²) in [5.41, 5.74) is 1.41. The first-order valence-corrected chi connectivity index (χ1v) is 6.27. The maximum atomic E-state index is 10.1. The predicted octanol–water partition coefficient (Wildman–Crippen LogP) is 3.51. The molecule has 0 saturated heterocycles. The second-order valence-electron chi connectivity index (χ2n) is 4.84. The molecule has 0 radical (unpaired) electrons. The van der Waals surface area contributed by atoms with Gasteiger partial charge in [0.15, 0.2) is 0 Å². The van der Waals surface area contributed by atoms with E-state index < -0.39 is 0 Å². The Morgan fingerprint density at radius 3 is 2.29 bits per heavy atom. The van der Waals surface area contributed by atoms with E-state index in [0.29, 0.717) is 11.1 Å². The van der Waals surface area contributed by atoms with Crippen molar-refractivity contribution in [2.75, 3.05) is 0 Å². The van der Waals surface area contributed by atoms with Gasteiger partial charge in [-0.25, -0.2) is 4.42 Å². The number of fused-ring (bicyclic) bond motifs is 1. The van der Waals surface area contributed by atoms with E-state index in [2.05, 4.69) is 0 Å². The molecule has 0 unspecified atom stereocenters. The lowest BCUT2D eigenvalue weighted by Crippen LogP contribution is -1.83. The number of aryl methyl sites for hydroxylation is 1. The van der Waals surface area contributed by atoms with Crippen molar-refractivity contribution in [3.05, 3.63) is 42.0 Å². The van der Waals surface area contributed by atoms with Gasteiger partial charge in [0.1, 0.15) is 22.6 Å². The lowest BCUT2D eigenvalue weighted by atomic mass is 10.1. The Morgan fingerprint density at radius 1 is 0.810 bits per heavy atom. The molecular weight excluding hydrogens is 272 g/mol. The van der Waals surface area contributed by atoms with Crippen LogP contribution in [0.2, 0.25) is 0 Å². The Hall–Kier alpha value is -2.95. The molecule has 4 N–H and O–H groups in total. The molecule has 1 heterocycles. The lowest BCUT2D eigenvalue weighted by molar-refractivity contribution is 0.441. The largest absolute Gasteiger partial charge is 0.508 e. The minimum absolute atomic E-state index is 0.0842. The molecular formula is C16H13O5+. The van der Waals surface area contributed by atoms with Crippen LogP contribution in [-0.4, -0.2) is 20.4 Å². The van der Waals surface area contributed by atoms with Crippen LogP contribution in [0.25, 0.3) is 22.3 Å². The smallest absolute Gasteiger partial charge is 0.402 e. The summed E-state index contributed by atoms with van der Waals surface area (Å²) in [6.45, 7) is 1.76. The fraction of sp³-hybridized carbons (Fsp3) is 0.0625. The van der Waals surface area contributed by atoms with Crippen molar-refractivity contribution in [1.29, 1.82) is 0 Å². The van der Waals surface area contributed by atoms with Gasteiger partial charge < -0.3 is 20.4 Å². The van der Waals surface area contributed by atoms with Crippen LogP contribution in [0.15, 0.2) is 40.8 Å². The first kappa shape index (κ1) is 13.1. The van der Waals surface area contributed by atoms with Crippen molar-refractivity contribution < 1.29 is 24.8 Å². The van der Waals surface area contributed by atoms with Gasteiger partial charge in [0.25, 0.3) is 0 Å². The molecule has 3 rings (SSSR count). The van der Waals surface area contributed by atoms with Crippen LogP contribution in [0.3, 0.4) is 0 Å². The van der Waals surface area contributed by atoms with Gasteiger partial charge in [-0.2, -0.15) is 0 Å². The Balaban J connectivity index is 2.27. The van der Waals surface area contributed by atoms with Gasteiger partial charge in [0.2, 0.25) is 5.75 Å². The van der Waals surface area contributed by atoms with E-state index in [1.54, 1.807) is 19.1 Å². The van der Waals surface area contributed by atoms with Gasteiger partial charge in [-0.05, 0) is 24.6 Å². The van der Waals surface area contributed by atoms with Gasteiger partial charge in [-0.15, -0.1) is 0 Å². The molecule has 0 amide bonds. The Labute approximate surface area is 120 Å². The maximum Gasteiger partial charge on any atom is 0.402 e. The lowest BCUT2D eigenvalue weighted by Gasteiger charge is -2.01. The summed E-state index contributed by atoms with van der Waals surface area (Å²) in [4.78, 5) is 0. The minimum atomic E-state index is -0.192. The van der Waals surface area contributed by atoms with E-state index in [9.17, 15) is 20.4 Å². The summed E-state index contributed by atoms with van der Waals surface area (Å²) < 4.78 is 5.55. The summed E-state index contributed by atoms with van der Waals surface area (Å²) >= 11 is 0. The molecule has 0 aliphatic rings. The zero-order valence-electron chi connectivity index (χ0n) is 11.2. The number of aromatic hydroxyl groups is 4. The van der Waals surface area contributed by atoms with Gasteiger partial charge >= 0.3 is 11.3 Å². The van der Waals surface area contributed by atoms with Gasteiger partial charge in [-0.1, -0.05) is 6.07 Å². The summed E-state index contributed by atoms with van der Waals surface area (Å²) in [7, 11) is 0. The zero-order chi connectivity index (χ0) is 15.1. The van der Waals surface area contributed by atoms with Gasteiger partial charge in [-0.3, -0.25) is 0 Å². The Kier molecular flexibility index (Phi) is 2.83. The number of benzene rings is 2. The highest BCUT2D eigenvalue weighted by Crippen LogP contribution is 2.39. The van der Waals surface area contributed by atoms with Crippen molar-refractivity contribution in [1.82, 2.24) is 0 Å². The van der Waals surface area contributed by atoms with Crippen molar-refractivity contribution in [2.24, 2.45) is 0 Å². The van der Waals surface area contributed by atoms with Crippen LogP contribution in [0, 0.1) is 6.92 Å². The molecule has 2 aromatic carbocycles. The van der Waals surface area contributed by atoms with Crippen LogP contribution in [0.5, 0.6) is 23.0 Å². The number of rotatable bonds is 1. The summed E-state index contributed by atoms with van der Waals surface area (Å²) in [5, 5.41) is 39.3. The molecule has 0 saturated carbocycles. The van der Waals surface area contributed by atoms with Crippen molar-refractivity contribution in [3.63, 3.8) is 0 Å². The molecule has 106 valence electrons. The third kappa shape index (κ3) is 2.18. The average Bonchev–Trinajstić information content (AvgIpc) is 2.42. The highest BCUT2D eigenvalue weighted by Gasteiger charge is 2.24. The van der Waals surface area contributed by atoms with E-state index in [4.69, 9.17) is 4.42 Å². The third-order valence-electron chi connectivity index (χ3n) is 3.30. The molecule has 0 atom stereocenters. The summed E-state index contributed by atoms with van der Waals surface area (Å²) in [6, 6.07) is 8.72. The fourth-order valence-corrected chi connectivity index (χ4v) is 2.15. The number of hydrogen-bond acceptors (Lipinski definition) is 4. The van der Waals surface area contributed by atoms with E-state index in [-0.39, 0.29) is 39.7 Å². The second kappa shape index (κ2) is 4.56. The molecule has 0 bridgehead atoms. The molecule has 1 aromatic heterocycles. The monoisotopic (exact) mass is 285 g/mol. The quantitative estimate of drug-likeness (QED) is 0.513. The van der Waals surface area contributed by atoms with Crippen molar-refractivity contribution >= 4 is 11.0 Å². The molecule has 3 aromatic rings. The Morgan fingerprint density at radius 2 is 1.57 bits per heavy atom. The summed E-state index contributed by atoms with van der Waals surface area (Å²) in [6.07, 6.45) is 0. The fourth-order valence-electron chi connectivity index (χ4n) is 2.15. The standard InChI is InChI=1S/C16H12O5/c1-8-2-3-9(4-12(8)18)16-14(20)7-11-13(19)5-10(17)6-15(11)21-16/h2-7H,1H3,(H3-,17,18,19,20)/p+1. The van der Waals surface area contributed by atoms with E-state index >= 15 is 0 Å². The molecule has 5 heteroatoms. The highest BCUT2D eigenvalue weighted by atomic mass is 16.4. The molecule has 0 spiro atoms. The normalized spacial score (nSPS) is 10.9. The van der Waals surface area contributed by atoms with Crippen molar-refractivity contribution in [3.8, 4) is 34.3 Å². The predicted molar refractivity (Wildman–Crippen MR) is 77.5 cm³/mol.